The molecular formula is C12H16N2O3. The molecule has 0 radical (unpaired) electrons. The van der Waals surface area contributed by atoms with Crippen molar-refractivity contribution < 1.29 is 9.66 Å². The number of morpholine rings is 1. The van der Waals surface area contributed by atoms with Crippen LogP contribution in [-0.4, -0.2) is 30.7 Å². The number of non-ortho nitro benzene ring substituents is 1. The molecule has 1 aliphatic heterocycles. The van der Waals surface area contributed by atoms with Crippen molar-refractivity contribution in [3.63, 3.8) is 0 Å². The number of ether oxygens (including phenoxy) is 1. The van der Waals surface area contributed by atoms with Crippen molar-refractivity contribution in [1.82, 2.24) is 0 Å². The largest absolute Gasteiger partial charge is 0.375 e. The summed E-state index contributed by atoms with van der Waals surface area (Å²) in [6, 6.07) is 5.20. The van der Waals surface area contributed by atoms with Crippen molar-refractivity contribution in [3.05, 3.63) is 33.9 Å². The number of aryl methyl sites for hydroxylation is 1. The summed E-state index contributed by atoms with van der Waals surface area (Å²) in [6.07, 6.45) is 0.170. The van der Waals surface area contributed by atoms with E-state index in [1.165, 1.54) is 0 Å². The summed E-state index contributed by atoms with van der Waals surface area (Å²) in [4.78, 5) is 12.6. The van der Waals surface area contributed by atoms with Crippen molar-refractivity contribution in [2.75, 3.05) is 24.6 Å². The van der Waals surface area contributed by atoms with Crippen molar-refractivity contribution in [3.8, 4) is 0 Å². The Bertz CT molecular complexity index is 434. The molecule has 1 saturated heterocycles. The summed E-state index contributed by atoms with van der Waals surface area (Å²) in [5.41, 5.74) is 1.97. The minimum atomic E-state index is -0.347. The van der Waals surface area contributed by atoms with E-state index >= 15 is 0 Å². The predicted molar refractivity (Wildman–Crippen MR) is 65.5 cm³/mol. The molecule has 1 aromatic carbocycles. The fourth-order valence-electron chi connectivity index (χ4n) is 2.08. The zero-order chi connectivity index (χ0) is 12.4. The van der Waals surface area contributed by atoms with E-state index in [9.17, 15) is 10.1 Å². The van der Waals surface area contributed by atoms with E-state index in [0.29, 0.717) is 6.61 Å². The lowest BCUT2D eigenvalue weighted by molar-refractivity contribution is -0.384. The van der Waals surface area contributed by atoms with Crippen molar-refractivity contribution in [1.29, 1.82) is 0 Å². The van der Waals surface area contributed by atoms with Crippen LogP contribution >= 0.6 is 0 Å². The zero-order valence-corrected chi connectivity index (χ0v) is 10.0. The molecule has 0 spiro atoms. The van der Waals surface area contributed by atoms with Crippen molar-refractivity contribution in [2.24, 2.45) is 0 Å². The molecule has 17 heavy (non-hydrogen) atoms. The third kappa shape index (κ3) is 2.74. The molecule has 92 valence electrons. The normalized spacial score (nSPS) is 20.4. The van der Waals surface area contributed by atoms with Crippen LogP contribution < -0.4 is 4.90 Å². The van der Waals surface area contributed by atoms with Crippen LogP contribution in [0.15, 0.2) is 18.2 Å². The second-order valence-corrected chi connectivity index (χ2v) is 4.41. The van der Waals surface area contributed by atoms with Gasteiger partial charge in [-0.05, 0) is 25.5 Å². The molecule has 0 bridgehead atoms. The van der Waals surface area contributed by atoms with Gasteiger partial charge in [-0.15, -0.1) is 0 Å². The Kier molecular flexibility index (Phi) is 3.28. The lowest BCUT2D eigenvalue weighted by Gasteiger charge is -2.32. The number of benzene rings is 1. The molecule has 0 aliphatic carbocycles. The second kappa shape index (κ2) is 4.71. The number of hydrogen-bond donors (Lipinski definition) is 0. The maximum atomic E-state index is 10.8. The molecule has 1 heterocycles. The molecule has 0 unspecified atom stereocenters. The molecule has 1 aliphatic rings. The van der Waals surface area contributed by atoms with Gasteiger partial charge in [0.15, 0.2) is 0 Å². The third-order valence-electron chi connectivity index (χ3n) is 2.86. The molecule has 0 saturated carbocycles. The van der Waals surface area contributed by atoms with Crippen LogP contribution in [0.1, 0.15) is 12.5 Å². The molecule has 5 heteroatoms. The van der Waals surface area contributed by atoms with Crippen LogP contribution in [-0.2, 0) is 4.74 Å². The Morgan fingerprint density at radius 3 is 2.88 bits per heavy atom. The summed E-state index contributed by atoms with van der Waals surface area (Å²) in [7, 11) is 0. The number of nitrogens with zero attached hydrogens (tertiary/aromatic N) is 2. The number of hydrogen-bond acceptors (Lipinski definition) is 4. The first-order valence-corrected chi connectivity index (χ1v) is 5.69. The maximum absolute atomic E-state index is 10.8. The lowest BCUT2D eigenvalue weighted by atomic mass is 10.1. The zero-order valence-electron chi connectivity index (χ0n) is 10.0. The van der Waals surface area contributed by atoms with Gasteiger partial charge >= 0.3 is 0 Å². The molecule has 5 nitrogen and oxygen atoms in total. The quantitative estimate of drug-likeness (QED) is 0.583. The standard InChI is InChI=1S/C12H16N2O3/c1-9-5-11(7-12(6-9)14(15)16)13-3-4-17-10(2)8-13/h5-7,10H,3-4,8H2,1-2H3/t10-/m1/s1. The van der Waals surface area contributed by atoms with Crippen LogP contribution in [0, 0.1) is 17.0 Å². The maximum Gasteiger partial charge on any atom is 0.271 e. The average Bonchev–Trinajstić information content (AvgIpc) is 2.28. The molecule has 0 aromatic heterocycles. The molecule has 1 fully saturated rings. The van der Waals surface area contributed by atoms with Crippen LogP contribution in [0.4, 0.5) is 11.4 Å². The van der Waals surface area contributed by atoms with Gasteiger partial charge in [0, 0.05) is 30.9 Å². The van der Waals surface area contributed by atoms with Gasteiger partial charge in [-0.1, -0.05) is 0 Å². The SMILES string of the molecule is Cc1cc(N2CCO[C@H](C)C2)cc([N+](=O)[O-])c1. The summed E-state index contributed by atoms with van der Waals surface area (Å²) in [5.74, 6) is 0. The number of rotatable bonds is 2. The predicted octanol–water partition coefficient (Wildman–Crippen LogP) is 2.13. The molecule has 2 rings (SSSR count). The van der Waals surface area contributed by atoms with E-state index in [1.807, 2.05) is 19.9 Å². The van der Waals surface area contributed by atoms with Crippen molar-refractivity contribution >= 4 is 11.4 Å². The Hall–Kier alpha value is -1.62. The van der Waals surface area contributed by atoms with E-state index in [0.717, 1.165) is 24.3 Å². The van der Waals surface area contributed by atoms with Gasteiger partial charge in [-0.2, -0.15) is 0 Å². The minimum Gasteiger partial charge on any atom is -0.375 e. The van der Waals surface area contributed by atoms with Gasteiger partial charge in [-0.25, -0.2) is 0 Å². The van der Waals surface area contributed by atoms with E-state index in [4.69, 9.17) is 4.74 Å². The molecule has 0 N–H and O–H groups in total. The van der Waals surface area contributed by atoms with Crippen LogP contribution in [0.5, 0.6) is 0 Å². The Labute approximate surface area is 100 Å². The summed E-state index contributed by atoms with van der Waals surface area (Å²) in [6.45, 7) is 6.12. The minimum absolute atomic E-state index is 0.152. The van der Waals surface area contributed by atoms with E-state index in [2.05, 4.69) is 4.90 Å². The summed E-state index contributed by atoms with van der Waals surface area (Å²) >= 11 is 0. The fraction of sp³-hybridized carbons (Fsp3) is 0.500. The Morgan fingerprint density at radius 1 is 1.47 bits per heavy atom. The molecular weight excluding hydrogens is 220 g/mol. The molecule has 1 atom stereocenters. The monoisotopic (exact) mass is 236 g/mol. The number of anilines is 1. The fourth-order valence-corrected chi connectivity index (χ4v) is 2.08. The number of nitro groups is 1. The summed E-state index contributed by atoms with van der Waals surface area (Å²) < 4.78 is 5.46. The third-order valence-corrected chi connectivity index (χ3v) is 2.86. The van der Waals surface area contributed by atoms with Crippen LogP contribution in [0.3, 0.4) is 0 Å². The van der Waals surface area contributed by atoms with E-state index in [1.54, 1.807) is 12.1 Å². The lowest BCUT2D eigenvalue weighted by Crippen LogP contribution is -2.41. The smallest absolute Gasteiger partial charge is 0.271 e. The van der Waals surface area contributed by atoms with Gasteiger partial charge < -0.3 is 9.64 Å². The first-order chi connectivity index (χ1) is 8.06. The first kappa shape index (κ1) is 11.9. The molecule has 1 aromatic rings. The highest BCUT2D eigenvalue weighted by Gasteiger charge is 2.19. The van der Waals surface area contributed by atoms with Gasteiger partial charge in [0.1, 0.15) is 0 Å². The van der Waals surface area contributed by atoms with Crippen LogP contribution in [0.25, 0.3) is 0 Å². The first-order valence-electron chi connectivity index (χ1n) is 5.69. The number of nitro benzene ring substituents is 1. The van der Waals surface area contributed by atoms with Gasteiger partial charge in [0.2, 0.25) is 0 Å². The van der Waals surface area contributed by atoms with E-state index in [-0.39, 0.29) is 16.7 Å². The van der Waals surface area contributed by atoms with Crippen molar-refractivity contribution in [2.45, 2.75) is 20.0 Å². The summed E-state index contributed by atoms with van der Waals surface area (Å²) in [5, 5.41) is 10.8. The Balaban J connectivity index is 2.28. The highest BCUT2D eigenvalue weighted by atomic mass is 16.6. The highest BCUT2D eigenvalue weighted by Crippen LogP contribution is 2.25. The van der Waals surface area contributed by atoms with Gasteiger partial charge in [0.05, 0.1) is 17.6 Å². The van der Waals surface area contributed by atoms with E-state index < -0.39 is 0 Å². The van der Waals surface area contributed by atoms with Gasteiger partial charge in [-0.3, -0.25) is 10.1 Å². The topological polar surface area (TPSA) is 55.6 Å². The molecule has 0 amide bonds. The Morgan fingerprint density at radius 2 is 2.24 bits per heavy atom. The van der Waals surface area contributed by atoms with Crippen LogP contribution in [0.2, 0.25) is 0 Å². The van der Waals surface area contributed by atoms with Gasteiger partial charge in [0.25, 0.3) is 5.69 Å². The average molecular weight is 236 g/mol. The highest BCUT2D eigenvalue weighted by molar-refractivity contribution is 5.56. The second-order valence-electron chi connectivity index (χ2n) is 4.41.